The highest BCUT2D eigenvalue weighted by Gasteiger charge is 2.27. The Labute approximate surface area is 171 Å². The number of benzene rings is 2. The van der Waals surface area contributed by atoms with Gasteiger partial charge in [-0.3, -0.25) is 9.59 Å². The minimum absolute atomic E-state index is 0.0669. The Bertz CT molecular complexity index is 1010. The largest absolute Gasteiger partial charge is 0.355 e. The molecule has 29 heavy (non-hydrogen) atoms. The Morgan fingerprint density at radius 1 is 1.07 bits per heavy atom. The van der Waals surface area contributed by atoms with Crippen LogP contribution >= 0.6 is 0 Å². The van der Waals surface area contributed by atoms with Crippen LogP contribution in [0.25, 0.3) is 0 Å². The van der Waals surface area contributed by atoms with E-state index in [1.54, 1.807) is 49.5 Å². The Hall–Kier alpha value is -2.71. The number of anilines is 1. The molecule has 8 heteroatoms. The molecule has 0 atom stereocenters. The number of amides is 2. The maximum absolute atomic E-state index is 12.3. The molecule has 0 radical (unpaired) electrons. The third kappa shape index (κ3) is 5.65. The average molecular weight is 416 g/mol. The zero-order chi connectivity index (χ0) is 21.0. The number of carbonyl (C=O) groups excluding carboxylic acids is 2. The molecule has 0 saturated heterocycles. The summed E-state index contributed by atoms with van der Waals surface area (Å²) in [5, 5.41) is 5.42. The smallest absolute Gasteiger partial charge is 0.251 e. The average Bonchev–Trinajstić information content (AvgIpc) is 3.51. The maximum atomic E-state index is 12.3. The van der Waals surface area contributed by atoms with E-state index in [-0.39, 0.29) is 29.2 Å². The topological polar surface area (TPSA) is 104 Å². The number of rotatable bonds is 8. The van der Waals surface area contributed by atoms with Crippen LogP contribution in [-0.2, 0) is 21.2 Å². The molecular formula is C21H25N3O4S. The molecule has 1 fully saturated rings. The molecule has 0 aromatic heterocycles. The molecule has 1 aliphatic rings. The molecule has 0 aliphatic heterocycles. The molecule has 0 unspecified atom stereocenters. The number of hydrogen-bond acceptors (Lipinski definition) is 4. The molecule has 1 aliphatic carbocycles. The molecule has 3 rings (SSSR count). The molecule has 3 N–H and O–H groups in total. The molecule has 2 aromatic rings. The van der Waals surface area contributed by atoms with E-state index in [0.29, 0.717) is 17.7 Å². The van der Waals surface area contributed by atoms with Crippen molar-refractivity contribution in [3.05, 3.63) is 59.2 Å². The van der Waals surface area contributed by atoms with Crippen LogP contribution in [0.1, 0.15) is 40.7 Å². The molecule has 0 bridgehead atoms. The van der Waals surface area contributed by atoms with Gasteiger partial charge in [-0.25, -0.2) is 13.1 Å². The molecule has 0 heterocycles. The third-order valence-electron chi connectivity index (χ3n) is 4.76. The first-order valence-electron chi connectivity index (χ1n) is 9.52. The maximum Gasteiger partial charge on any atom is 0.251 e. The number of nitrogens with one attached hydrogen (secondary N) is 3. The normalized spacial score (nSPS) is 13.7. The predicted molar refractivity (Wildman–Crippen MR) is 111 cm³/mol. The molecule has 154 valence electrons. The second-order valence-electron chi connectivity index (χ2n) is 7.20. The molecule has 2 amide bonds. The van der Waals surface area contributed by atoms with Gasteiger partial charge in [0.2, 0.25) is 15.9 Å². The van der Waals surface area contributed by atoms with E-state index in [9.17, 15) is 18.0 Å². The summed E-state index contributed by atoms with van der Waals surface area (Å²) >= 11 is 0. The van der Waals surface area contributed by atoms with Crippen LogP contribution in [0.2, 0.25) is 0 Å². The first-order chi connectivity index (χ1) is 13.8. The Balaban J connectivity index is 1.54. The van der Waals surface area contributed by atoms with Gasteiger partial charge in [0.15, 0.2) is 0 Å². The monoisotopic (exact) mass is 415 g/mol. The first-order valence-corrected chi connectivity index (χ1v) is 11.0. The Morgan fingerprint density at radius 3 is 2.34 bits per heavy atom. The summed E-state index contributed by atoms with van der Waals surface area (Å²) in [6.07, 6.45) is 2.54. The van der Waals surface area contributed by atoms with E-state index in [1.807, 2.05) is 6.92 Å². The van der Waals surface area contributed by atoms with Gasteiger partial charge in [0.25, 0.3) is 5.91 Å². The highest BCUT2D eigenvalue weighted by molar-refractivity contribution is 7.89. The van der Waals surface area contributed by atoms with Crippen molar-refractivity contribution in [3.63, 3.8) is 0 Å². The van der Waals surface area contributed by atoms with Crippen LogP contribution in [0.15, 0.2) is 47.4 Å². The van der Waals surface area contributed by atoms with Crippen LogP contribution in [0, 0.1) is 6.92 Å². The van der Waals surface area contributed by atoms with Crippen LogP contribution in [0.5, 0.6) is 0 Å². The van der Waals surface area contributed by atoms with Crippen LogP contribution in [-0.4, -0.2) is 33.3 Å². The molecule has 1 saturated carbocycles. The van der Waals surface area contributed by atoms with Crippen molar-refractivity contribution >= 4 is 27.5 Å². The third-order valence-corrected chi connectivity index (χ3v) is 6.30. The van der Waals surface area contributed by atoms with E-state index in [0.717, 1.165) is 24.0 Å². The summed E-state index contributed by atoms with van der Waals surface area (Å²) in [6.45, 7) is 1.83. The standard InChI is InChI=1S/C21H25N3O4S/c1-14-13-16(21(26)22-2)6-11-19(14)23-20(25)12-5-15-3-9-18(10-4-15)29(27,28)24-17-7-8-17/h3-4,6,9-11,13,17,24H,5,7-8,12H2,1-2H3,(H,22,26)(H,23,25). The predicted octanol–water partition coefficient (Wildman–Crippen LogP) is 2.37. The molecule has 2 aromatic carbocycles. The minimum Gasteiger partial charge on any atom is -0.355 e. The van der Waals surface area contributed by atoms with E-state index < -0.39 is 10.0 Å². The van der Waals surface area contributed by atoms with Gasteiger partial charge < -0.3 is 10.6 Å². The number of sulfonamides is 1. The van der Waals surface area contributed by atoms with Crippen LogP contribution in [0.3, 0.4) is 0 Å². The lowest BCUT2D eigenvalue weighted by Crippen LogP contribution is -2.25. The Morgan fingerprint density at radius 2 is 1.76 bits per heavy atom. The second-order valence-corrected chi connectivity index (χ2v) is 8.91. The quantitative estimate of drug-likeness (QED) is 0.616. The molecular weight excluding hydrogens is 390 g/mol. The van der Waals surface area contributed by atoms with Gasteiger partial charge >= 0.3 is 0 Å². The van der Waals surface area contributed by atoms with Crippen LogP contribution < -0.4 is 15.4 Å². The van der Waals surface area contributed by atoms with Crippen molar-refractivity contribution in [1.82, 2.24) is 10.0 Å². The summed E-state index contributed by atoms with van der Waals surface area (Å²) < 4.78 is 27.0. The highest BCUT2D eigenvalue weighted by Crippen LogP contribution is 2.22. The highest BCUT2D eigenvalue weighted by atomic mass is 32.2. The summed E-state index contributed by atoms with van der Waals surface area (Å²) in [7, 11) is -1.89. The zero-order valence-corrected chi connectivity index (χ0v) is 17.3. The van der Waals surface area contributed by atoms with Crippen molar-refractivity contribution in [1.29, 1.82) is 0 Å². The van der Waals surface area contributed by atoms with Crippen molar-refractivity contribution < 1.29 is 18.0 Å². The first kappa shape index (κ1) is 21.0. The fourth-order valence-corrected chi connectivity index (χ4v) is 4.19. The molecule has 7 nitrogen and oxygen atoms in total. The fourth-order valence-electron chi connectivity index (χ4n) is 2.88. The number of carbonyl (C=O) groups is 2. The number of aryl methyl sites for hydroxylation is 2. The van der Waals surface area contributed by atoms with Gasteiger partial charge in [-0.15, -0.1) is 0 Å². The van der Waals surface area contributed by atoms with Gasteiger partial charge in [-0.2, -0.15) is 0 Å². The summed E-state index contributed by atoms with van der Waals surface area (Å²) in [4.78, 5) is 24.2. The van der Waals surface area contributed by atoms with E-state index in [4.69, 9.17) is 0 Å². The fraction of sp³-hybridized carbons (Fsp3) is 0.333. The summed E-state index contributed by atoms with van der Waals surface area (Å²) in [5.74, 6) is -0.323. The SMILES string of the molecule is CNC(=O)c1ccc(NC(=O)CCc2ccc(S(=O)(=O)NC3CC3)cc2)c(C)c1. The van der Waals surface area contributed by atoms with Crippen molar-refractivity contribution in [2.45, 2.75) is 43.5 Å². The zero-order valence-electron chi connectivity index (χ0n) is 16.5. The van der Waals surface area contributed by atoms with Crippen LogP contribution in [0.4, 0.5) is 5.69 Å². The summed E-state index contributed by atoms with van der Waals surface area (Å²) in [5.41, 5.74) is 2.89. The lowest BCUT2D eigenvalue weighted by atomic mass is 10.1. The molecule has 0 spiro atoms. The van der Waals surface area contributed by atoms with E-state index in [1.165, 1.54) is 0 Å². The summed E-state index contributed by atoms with van der Waals surface area (Å²) in [6, 6.07) is 11.8. The van der Waals surface area contributed by atoms with Crippen molar-refractivity contribution in [3.8, 4) is 0 Å². The van der Waals surface area contributed by atoms with Gasteiger partial charge in [-0.05, 0) is 67.6 Å². The van der Waals surface area contributed by atoms with Gasteiger partial charge in [0, 0.05) is 30.8 Å². The van der Waals surface area contributed by atoms with E-state index in [2.05, 4.69) is 15.4 Å². The van der Waals surface area contributed by atoms with Gasteiger partial charge in [0.1, 0.15) is 0 Å². The second kappa shape index (κ2) is 8.75. The van der Waals surface area contributed by atoms with E-state index >= 15 is 0 Å². The van der Waals surface area contributed by atoms with Gasteiger partial charge in [-0.1, -0.05) is 12.1 Å². The Kier molecular flexibility index (Phi) is 6.34. The minimum atomic E-state index is -3.46. The van der Waals surface area contributed by atoms with Gasteiger partial charge in [0.05, 0.1) is 4.90 Å². The lowest BCUT2D eigenvalue weighted by molar-refractivity contribution is -0.116. The lowest BCUT2D eigenvalue weighted by Gasteiger charge is -2.10. The van der Waals surface area contributed by atoms with Crippen molar-refractivity contribution in [2.24, 2.45) is 0 Å². The van der Waals surface area contributed by atoms with Crippen molar-refractivity contribution in [2.75, 3.05) is 12.4 Å². The number of hydrogen-bond donors (Lipinski definition) is 3.